The zero-order chi connectivity index (χ0) is 15.5. The van der Waals surface area contributed by atoms with Crippen molar-refractivity contribution in [1.29, 1.82) is 0 Å². The van der Waals surface area contributed by atoms with Crippen LogP contribution in [0.5, 0.6) is 0 Å². The van der Waals surface area contributed by atoms with E-state index in [0.29, 0.717) is 6.04 Å². The monoisotopic (exact) mass is 297 g/mol. The number of rotatable bonds is 3. The van der Waals surface area contributed by atoms with E-state index in [1.807, 2.05) is 31.1 Å². The third kappa shape index (κ3) is 2.86. The van der Waals surface area contributed by atoms with Crippen molar-refractivity contribution in [3.8, 4) is 0 Å². The summed E-state index contributed by atoms with van der Waals surface area (Å²) >= 11 is 0. The smallest absolute Gasteiger partial charge is 0.255 e. The molecule has 0 unspecified atom stereocenters. The number of nitrogens with one attached hydrogen (secondary N) is 1. The van der Waals surface area contributed by atoms with Gasteiger partial charge in [0.2, 0.25) is 0 Å². The maximum atomic E-state index is 12.6. The molecule has 3 rings (SSSR count). The number of benzene rings is 1. The highest BCUT2D eigenvalue weighted by Crippen LogP contribution is 2.23. The lowest BCUT2D eigenvalue weighted by Crippen LogP contribution is -2.45. The van der Waals surface area contributed by atoms with Crippen LogP contribution in [0.15, 0.2) is 42.7 Å². The molecule has 0 spiro atoms. The van der Waals surface area contributed by atoms with E-state index in [1.165, 1.54) is 5.69 Å². The number of nitrogens with zero attached hydrogens (tertiary/aromatic N) is 2. The quantitative estimate of drug-likeness (QED) is 0.945. The predicted octanol–water partition coefficient (Wildman–Crippen LogP) is 3.06. The summed E-state index contributed by atoms with van der Waals surface area (Å²) in [4.78, 5) is 19.9. The number of carbonyl (C=O) groups is 1. The van der Waals surface area contributed by atoms with Crippen molar-refractivity contribution in [1.82, 2.24) is 9.88 Å². The van der Waals surface area contributed by atoms with Gasteiger partial charge < -0.3 is 14.8 Å². The van der Waals surface area contributed by atoms with E-state index in [0.717, 1.165) is 37.1 Å². The summed E-state index contributed by atoms with van der Waals surface area (Å²) in [5.41, 5.74) is 3.07. The van der Waals surface area contributed by atoms with Gasteiger partial charge in [0.25, 0.3) is 5.91 Å². The lowest BCUT2D eigenvalue weighted by Gasteiger charge is -2.37. The Kier molecular flexibility index (Phi) is 4.18. The fourth-order valence-electron chi connectivity index (χ4n) is 3.18. The van der Waals surface area contributed by atoms with E-state index in [9.17, 15) is 4.79 Å². The standard InChI is InChI=1S/C18H23N3O/c1-14-12-19-13-17(14)18(22)20(2)15-8-10-21(11-9-15)16-6-4-3-5-7-16/h3-7,12-13,15,19H,8-11H2,1-2H3. The van der Waals surface area contributed by atoms with Gasteiger partial charge in [-0.05, 0) is 37.5 Å². The number of H-pyrrole nitrogens is 1. The van der Waals surface area contributed by atoms with Gasteiger partial charge in [0.05, 0.1) is 5.56 Å². The Morgan fingerprint density at radius 1 is 1.18 bits per heavy atom. The van der Waals surface area contributed by atoms with Gasteiger partial charge in [-0.15, -0.1) is 0 Å². The molecule has 1 aliphatic heterocycles. The minimum absolute atomic E-state index is 0.122. The normalized spacial score (nSPS) is 15.8. The number of aromatic amines is 1. The van der Waals surface area contributed by atoms with E-state index in [4.69, 9.17) is 0 Å². The Balaban J connectivity index is 1.61. The van der Waals surface area contributed by atoms with Crippen LogP contribution in [0.2, 0.25) is 0 Å². The van der Waals surface area contributed by atoms with E-state index in [-0.39, 0.29) is 5.91 Å². The zero-order valence-corrected chi connectivity index (χ0v) is 13.2. The van der Waals surface area contributed by atoms with E-state index in [2.05, 4.69) is 34.1 Å². The average Bonchev–Trinajstić information content (AvgIpc) is 3.00. The van der Waals surface area contributed by atoms with Gasteiger partial charge in [-0.2, -0.15) is 0 Å². The molecule has 1 aromatic carbocycles. The second-order valence-electron chi connectivity index (χ2n) is 6.02. The topological polar surface area (TPSA) is 39.3 Å². The number of aryl methyl sites for hydroxylation is 1. The molecule has 0 saturated carbocycles. The molecule has 1 aromatic heterocycles. The minimum Gasteiger partial charge on any atom is -0.371 e. The van der Waals surface area contributed by atoms with Crippen LogP contribution in [-0.4, -0.2) is 42.0 Å². The number of hydrogen-bond donors (Lipinski definition) is 1. The molecule has 0 bridgehead atoms. The van der Waals surface area contributed by atoms with Crippen molar-refractivity contribution in [2.24, 2.45) is 0 Å². The highest BCUT2D eigenvalue weighted by atomic mass is 16.2. The third-order valence-electron chi connectivity index (χ3n) is 4.64. The van der Waals surface area contributed by atoms with Crippen LogP contribution >= 0.6 is 0 Å². The van der Waals surface area contributed by atoms with Crippen molar-refractivity contribution >= 4 is 11.6 Å². The van der Waals surface area contributed by atoms with Crippen LogP contribution in [0.1, 0.15) is 28.8 Å². The maximum absolute atomic E-state index is 12.6. The maximum Gasteiger partial charge on any atom is 0.255 e. The zero-order valence-electron chi connectivity index (χ0n) is 13.2. The highest BCUT2D eigenvalue weighted by Gasteiger charge is 2.26. The predicted molar refractivity (Wildman–Crippen MR) is 89.3 cm³/mol. The van der Waals surface area contributed by atoms with Crippen molar-refractivity contribution in [2.75, 3.05) is 25.0 Å². The van der Waals surface area contributed by atoms with Crippen molar-refractivity contribution in [3.05, 3.63) is 53.9 Å². The molecule has 1 saturated heterocycles. The number of carbonyl (C=O) groups excluding carboxylic acids is 1. The summed E-state index contributed by atoms with van der Waals surface area (Å²) < 4.78 is 0. The second kappa shape index (κ2) is 6.26. The number of aromatic nitrogens is 1. The summed E-state index contributed by atoms with van der Waals surface area (Å²) in [5, 5.41) is 0. The molecule has 0 atom stereocenters. The lowest BCUT2D eigenvalue weighted by atomic mass is 10.0. The van der Waals surface area contributed by atoms with Gasteiger partial charge in [0.15, 0.2) is 0 Å². The van der Waals surface area contributed by atoms with Crippen LogP contribution in [-0.2, 0) is 0 Å². The summed E-state index contributed by atoms with van der Waals surface area (Å²) in [6.45, 7) is 3.96. The van der Waals surface area contributed by atoms with Crippen molar-refractivity contribution < 1.29 is 4.79 Å². The number of anilines is 1. The molecule has 0 radical (unpaired) electrons. The largest absolute Gasteiger partial charge is 0.371 e. The first kappa shape index (κ1) is 14.7. The fourth-order valence-corrected chi connectivity index (χ4v) is 3.18. The Hall–Kier alpha value is -2.23. The minimum atomic E-state index is 0.122. The van der Waals surface area contributed by atoms with Gasteiger partial charge in [0.1, 0.15) is 0 Å². The number of piperidine rings is 1. The average molecular weight is 297 g/mol. The molecule has 4 nitrogen and oxygen atoms in total. The molecule has 116 valence electrons. The van der Waals surface area contributed by atoms with Crippen molar-refractivity contribution in [2.45, 2.75) is 25.8 Å². The van der Waals surface area contributed by atoms with E-state index in [1.54, 1.807) is 6.20 Å². The summed E-state index contributed by atoms with van der Waals surface area (Å²) in [7, 11) is 1.93. The number of para-hydroxylation sites is 1. The third-order valence-corrected chi connectivity index (χ3v) is 4.64. The van der Waals surface area contributed by atoms with Gasteiger partial charge in [-0.25, -0.2) is 0 Å². The van der Waals surface area contributed by atoms with Gasteiger partial charge in [0, 0.05) is 44.3 Å². The molecule has 1 aliphatic rings. The molecular formula is C18H23N3O. The lowest BCUT2D eigenvalue weighted by molar-refractivity contribution is 0.0709. The van der Waals surface area contributed by atoms with Crippen LogP contribution in [0, 0.1) is 6.92 Å². The number of amides is 1. The van der Waals surface area contributed by atoms with Gasteiger partial charge in [-0.3, -0.25) is 4.79 Å². The van der Waals surface area contributed by atoms with Crippen LogP contribution < -0.4 is 4.90 Å². The van der Waals surface area contributed by atoms with Gasteiger partial charge in [-0.1, -0.05) is 18.2 Å². The summed E-state index contributed by atoms with van der Waals surface area (Å²) in [6, 6.07) is 10.8. The molecule has 1 amide bonds. The Labute approximate surface area is 131 Å². The molecular weight excluding hydrogens is 274 g/mol. The molecule has 2 aromatic rings. The van der Waals surface area contributed by atoms with Crippen LogP contribution in [0.4, 0.5) is 5.69 Å². The Morgan fingerprint density at radius 2 is 1.86 bits per heavy atom. The summed E-state index contributed by atoms with van der Waals surface area (Å²) in [6.07, 6.45) is 5.70. The molecule has 1 fully saturated rings. The SMILES string of the molecule is Cc1c[nH]cc1C(=O)N(C)C1CCN(c2ccccc2)CC1. The molecule has 4 heteroatoms. The molecule has 2 heterocycles. The highest BCUT2D eigenvalue weighted by molar-refractivity contribution is 5.95. The van der Waals surface area contributed by atoms with Crippen molar-refractivity contribution in [3.63, 3.8) is 0 Å². The molecule has 22 heavy (non-hydrogen) atoms. The fraction of sp³-hybridized carbons (Fsp3) is 0.389. The summed E-state index contributed by atoms with van der Waals surface area (Å²) in [5.74, 6) is 0.122. The first-order chi connectivity index (χ1) is 10.7. The molecule has 1 N–H and O–H groups in total. The molecule has 0 aliphatic carbocycles. The van der Waals surface area contributed by atoms with Crippen LogP contribution in [0.25, 0.3) is 0 Å². The first-order valence-electron chi connectivity index (χ1n) is 7.87. The Morgan fingerprint density at radius 3 is 2.45 bits per heavy atom. The second-order valence-corrected chi connectivity index (χ2v) is 6.02. The van der Waals surface area contributed by atoms with E-state index < -0.39 is 0 Å². The Bertz CT molecular complexity index is 627. The van der Waals surface area contributed by atoms with E-state index >= 15 is 0 Å². The number of hydrogen-bond acceptors (Lipinski definition) is 2. The van der Waals surface area contributed by atoms with Gasteiger partial charge >= 0.3 is 0 Å². The first-order valence-corrected chi connectivity index (χ1v) is 7.87. The van der Waals surface area contributed by atoms with Crippen LogP contribution in [0.3, 0.4) is 0 Å².